The second-order valence-electron chi connectivity index (χ2n) is 6.18. The van der Waals surface area contributed by atoms with Gasteiger partial charge in [0.1, 0.15) is 0 Å². The number of halogens is 3. The highest BCUT2D eigenvalue weighted by Crippen LogP contribution is 2.35. The fourth-order valence-electron chi connectivity index (χ4n) is 3.24. The van der Waals surface area contributed by atoms with Crippen LogP contribution in [0.4, 0.5) is 8.78 Å². The predicted octanol–water partition coefficient (Wildman–Crippen LogP) is 6.59. The van der Waals surface area contributed by atoms with Gasteiger partial charge in [0.15, 0.2) is 11.6 Å². The average molecular weight is 348 g/mol. The Morgan fingerprint density at radius 2 is 1.96 bits per heavy atom. The van der Waals surface area contributed by atoms with E-state index in [1.807, 2.05) is 25.1 Å². The maximum atomic E-state index is 14.2. The summed E-state index contributed by atoms with van der Waals surface area (Å²) >= 11 is 6.15. The van der Waals surface area contributed by atoms with Crippen LogP contribution in [-0.2, 0) is 6.42 Å². The molecular weight excluding hydrogens is 328 g/mol. The van der Waals surface area contributed by atoms with Crippen molar-refractivity contribution in [3.8, 4) is 0 Å². The summed E-state index contributed by atoms with van der Waals surface area (Å²) in [4.78, 5) is 3.40. The zero-order valence-corrected chi connectivity index (χ0v) is 14.6. The van der Waals surface area contributed by atoms with Crippen LogP contribution < -0.4 is 0 Å². The molecule has 0 spiro atoms. The first kappa shape index (κ1) is 17.0. The minimum absolute atomic E-state index is 0.265. The predicted molar refractivity (Wildman–Crippen MR) is 95.8 cm³/mol. The first-order valence-corrected chi connectivity index (χ1v) is 8.64. The van der Waals surface area contributed by atoms with Crippen molar-refractivity contribution in [1.29, 1.82) is 0 Å². The smallest absolute Gasteiger partial charge is 0.162 e. The van der Waals surface area contributed by atoms with Crippen molar-refractivity contribution in [3.05, 3.63) is 69.9 Å². The maximum absolute atomic E-state index is 14.2. The van der Waals surface area contributed by atoms with Crippen LogP contribution in [0.2, 0.25) is 5.02 Å². The zero-order valence-electron chi connectivity index (χ0n) is 13.8. The molecule has 1 nitrogen and oxygen atoms in total. The van der Waals surface area contributed by atoms with Gasteiger partial charge in [-0.1, -0.05) is 44.0 Å². The summed E-state index contributed by atoms with van der Waals surface area (Å²) in [5.41, 5.74) is 3.42. The van der Waals surface area contributed by atoms with Gasteiger partial charge in [-0.3, -0.25) is 0 Å². The van der Waals surface area contributed by atoms with E-state index in [0.29, 0.717) is 10.6 Å². The molecule has 0 aliphatic rings. The number of aryl methyl sites for hydroxylation is 1. The van der Waals surface area contributed by atoms with Gasteiger partial charge in [0.05, 0.1) is 0 Å². The van der Waals surface area contributed by atoms with E-state index in [0.717, 1.165) is 47.5 Å². The summed E-state index contributed by atoms with van der Waals surface area (Å²) in [6.45, 7) is 4.04. The number of aromatic nitrogens is 1. The molecule has 24 heavy (non-hydrogen) atoms. The number of fused-ring (bicyclic) bond motifs is 1. The summed E-state index contributed by atoms with van der Waals surface area (Å²) in [7, 11) is 0. The van der Waals surface area contributed by atoms with Crippen LogP contribution in [0, 0.1) is 11.6 Å². The van der Waals surface area contributed by atoms with Gasteiger partial charge in [-0.15, -0.1) is 0 Å². The molecule has 126 valence electrons. The van der Waals surface area contributed by atoms with Crippen molar-refractivity contribution in [3.63, 3.8) is 0 Å². The van der Waals surface area contributed by atoms with Crippen LogP contribution in [0.1, 0.15) is 49.4 Å². The lowest BCUT2D eigenvalue weighted by molar-refractivity contribution is 0.495. The number of aromatic amines is 1. The van der Waals surface area contributed by atoms with E-state index in [-0.39, 0.29) is 5.92 Å². The van der Waals surface area contributed by atoms with Gasteiger partial charge < -0.3 is 4.98 Å². The molecule has 4 heteroatoms. The lowest BCUT2D eigenvalue weighted by Crippen LogP contribution is -2.04. The second kappa shape index (κ2) is 6.94. The van der Waals surface area contributed by atoms with E-state index in [4.69, 9.17) is 11.6 Å². The number of H-pyrrole nitrogens is 1. The van der Waals surface area contributed by atoms with Crippen LogP contribution >= 0.6 is 11.6 Å². The second-order valence-corrected chi connectivity index (χ2v) is 6.61. The van der Waals surface area contributed by atoms with Crippen molar-refractivity contribution < 1.29 is 8.78 Å². The molecule has 0 aliphatic carbocycles. The molecule has 0 fully saturated rings. The Bertz CT molecular complexity index is 869. The summed E-state index contributed by atoms with van der Waals surface area (Å²) in [6.07, 6.45) is 2.98. The third kappa shape index (κ3) is 3.05. The van der Waals surface area contributed by atoms with E-state index in [9.17, 15) is 8.78 Å². The first-order valence-electron chi connectivity index (χ1n) is 8.26. The molecule has 2 aromatic carbocycles. The van der Waals surface area contributed by atoms with Crippen LogP contribution in [-0.4, -0.2) is 4.98 Å². The highest BCUT2D eigenvalue weighted by Gasteiger charge is 2.21. The van der Waals surface area contributed by atoms with Crippen LogP contribution in [0.15, 0.2) is 36.4 Å². The van der Waals surface area contributed by atoms with Gasteiger partial charge in [-0.05, 0) is 48.2 Å². The Labute approximate surface area is 145 Å². The molecule has 0 radical (unpaired) electrons. The number of hydrogen-bond acceptors (Lipinski definition) is 0. The molecule has 0 bridgehead atoms. The summed E-state index contributed by atoms with van der Waals surface area (Å²) in [5.74, 6) is -1.85. The number of benzene rings is 2. The lowest BCUT2D eigenvalue weighted by Gasteiger charge is -2.15. The summed E-state index contributed by atoms with van der Waals surface area (Å²) in [5, 5.41) is 1.74. The first-order chi connectivity index (χ1) is 11.5. The van der Waals surface area contributed by atoms with Crippen molar-refractivity contribution in [1.82, 2.24) is 4.98 Å². The molecule has 1 unspecified atom stereocenters. The number of nitrogens with one attached hydrogen (secondary N) is 1. The molecule has 1 aromatic heterocycles. The molecule has 1 N–H and O–H groups in total. The number of hydrogen-bond donors (Lipinski definition) is 1. The zero-order chi connectivity index (χ0) is 17.3. The Balaban J connectivity index is 2.15. The summed E-state index contributed by atoms with van der Waals surface area (Å²) < 4.78 is 27.8. The SMILES string of the molecule is CCCCc1c(C(C)c2cccc(F)c2F)[nH]c2ccc(Cl)cc12. The van der Waals surface area contributed by atoms with Crippen molar-refractivity contribution in [2.75, 3.05) is 0 Å². The van der Waals surface area contributed by atoms with Gasteiger partial charge >= 0.3 is 0 Å². The third-order valence-corrected chi connectivity index (χ3v) is 4.80. The molecule has 0 saturated heterocycles. The third-order valence-electron chi connectivity index (χ3n) is 4.56. The molecule has 0 amide bonds. The molecule has 1 heterocycles. The molecule has 3 rings (SSSR count). The molecular formula is C20H20ClF2N. The van der Waals surface area contributed by atoms with Gasteiger partial charge in [0.25, 0.3) is 0 Å². The average Bonchev–Trinajstić information content (AvgIpc) is 2.92. The topological polar surface area (TPSA) is 15.8 Å². The van der Waals surface area contributed by atoms with Crippen LogP contribution in [0.3, 0.4) is 0 Å². The Hall–Kier alpha value is -1.87. The van der Waals surface area contributed by atoms with E-state index >= 15 is 0 Å². The van der Waals surface area contributed by atoms with Gasteiger partial charge in [0.2, 0.25) is 0 Å². The van der Waals surface area contributed by atoms with E-state index in [2.05, 4.69) is 11.9 Å². The number of unbranched alkanes of at least 4 members (excludes halogenated alkanes) is 1. The monoisotopic (exact) mass is 347 g/mol. The molecule has 1 atom stereocenters. The van der Waals surface area contributed by atoms with Gasteiger partial charge in [0, 0.05) is 27.5 Å². The van der Waals surface area contributed by atoms with Gasteiger partial charge in [-0.2, -0.15) is 0 Å². The highest BCUT2D eigenvalue weighted by molar-refractivity contribution is 6.31. The van der Waals surface area contributed by atoms with E-state index < -0.39 is 11.6 Å². The quantitative estimate of drug-likeness (QED) is 0.535. The van der Waals surface area contributed by atoms with Crippen molar-refractivity contribution in [2.24, 2.45) is 0 Å². The highest BCUT2D eigenvalue weighted by atomic mass is 35.5. The summed E-state index contributed by atoms with van der Waals surface area (Å²) in [6, 6.07) is 10.1. The minimum atomic E-state index is -0.811. The molecule has 0 saturated carbocycles. The Morgan fingerprint density at radius 1 is 1.17 bits per heavy atom. The Kier molecular flexibility index (Phi) is 4.91. The Morgan fingerprint density at radius 3 is 2.71 bits per heavy atom. The fourth-order valence-corrected chi connectivity index (χ4v) is 3.42. The van der Waals surface area contributed by atoms with E-state index in [1.165, 1.54) is 0 Å². The largest absolute Gasteiger partial charge is 0.358 e. The fraction of sp³-hybridized carbons (Fsp3) is 0.300. The molecule has 3 aromatic rings. The minimum Gasteiger partial charge on any atom is -0.358 e. The van der Waals surface area contributed by atoms with Crippen LogP contribution in [0.5, 0.6) is 0 Å². The van der Waals surface area contributed by atoms with Crippen molar-refractivity contribution >= 4 is 22.5 Å². The van der Waals surface area contributed by atoms with Crippen LogP contribution in [0.25, 0.3) is 10.9 Å². The van der Waals surface area contributed by atoms with Crippen molar-refractivity contribution in [2.45, 2.75) is 39.0 Å². The maximum Gasteiger partial charge on any atom is 0.162 e. The lowest BCUT2D eigenvalue weighted by atomic mass is 9.92. The van der Waals surface area contributed by atoms with Gasteiger partial charge in [-0.25, -0.2) is 8.78 Å². The number of rotatable bonds is 5. The normalized spacial score (nSPS) is 12.7. The molecule has 0 aliphatic heterocycles. The standard InChI is InChI=1S/C20H20ClF2N/c1-3-4-6-15-16-11-13(21)9-10-18(16)24-20(15)12(2)14-7-5-8-17(22)19(14)23/h5,7-12,24H,3-4,6H2,1-2H3. The van der Waals surface area contributed by atoms with E-state index in [1.54, 1.807) is 12.1 Å².